The molecule has 4 atom stereocenters. The Labute approximate surface area is 358 Å². The lowest BCUT2D eigenvalue weighted by atomic mass is 9.68. The molecule has 1 saturated carbocycles. The van der Waals surface area contributed by atoms with E-state index in [4.69, 9.17) is 0 Å². The zero-order chi connectivity index (χ0) is 41.5. The molecule has 1 nitrogen and oxygen atoms in total. The molecule has 0 saturated heterocycles. The number of nitrogens with zero attached hydrogens (tertiary/aromatic N) is 1. The number of fused-ring (bicyclic) bond motifs is 4. The molecule has 0 heterocycles. The van der Waals surface area contributed by atoms with Crippen LogP contribution in [-0.2, 0) is 5.41 Å². The first kappa shape index (κ1) is 48.5. The van der Waals surface area contributed by atoms with Crippen LogP contribution in [0.3, 0.4) is 0 Å². The Morgan fingerprint density at radius 3 is 1.40 bits per heavy atom. The maximum atomic E-state index is 3.02. The highest BCUT2D eigenvalue weighted by atomic mass is 28.3. The summed E-state index contributed by atoms with van der Waals surface area (Å²) in [5.74, 6) is 2.11. The summed E-state index contributed by atoms with van der Waals surface area (Å²) >= 11 is 0. The minimum Gasteiger partial charge on any atom is -0.314 e. The van der Waals surface area contributed by atoms with E-state index in [0.29, 0.717) is 11.8 Å². The second-order valence-electron chi connectivity index (χ2n) is 22.4. The van der Waals surface area contributed by atoms with Crippen molar-refractivity contribution in [3.8, 4) is 0 Å². The molecule has 1 aromatic carbocycles. The van der Waals surface area contributed by atoms with Crippen LogP contribution in [0.2, 0.25) is 18.6 Å². The lowest BCUT2D eigenvalue weighted by Gasteiger charge is -2.57. The Morgan fingerprint density at radius 2 is 0.982 bits per heavy atom. The second kappa shape index (κ2) is 23.2. The van der Waals surface area contributed by atoms with Crippen molar-refractivity contribution in [3.05, 3.63) is 53.1 Å². The van der Waals surface area contributed by atoms with Crippen LogP contribution in [0, 0.1) is 17.8 Å². The highest BCUT2D eigenvalue weighted by Crippen LogP contribution is 2.63. The van der Waals surface area contributed by atoms with Crippen LogP contribution in [0.25, 0.3) is 5.57 Å². The molecule has 2 heteroatoms. The molecule has 1 fully saturated rings. The second-order valence-corrected chi connectivity index (χ2v) is 26.8. The van der Waals surface area contributed by atoms with Gasteiger partial charge in [0.15, 0.2) is 0 Å². The van der Waals surface area contributed by atoms with Crippen LogP contribution in [0.1, 0.15) is 247 Å². The molecule has 0 radical (unpaired) electrons. The fraction of sp³-hybridized carbons (Fsp3) is 0.818. The van der Waals surface area contributed by atoms with Crippen LogP contribution in [-0.4, -0.2) is 23.9 Å². The molecule has 0 N–H and O–H groups in total. The monoisotopic (exact) mass is 800 g/mol. The smallest absolute Gasteiger partial charge is 0.127 e. The summed E-state index contributed by atoms with van der Waals surface area (Å²) in [6, 6.07) is 9.82. The van der Waals surface area contributed by atoms with Gasteiger partial charge in [-0.3, -0.25) is 0 Å². The van der Waals surface area contributed by atoms with Gasteiger partial charge < -0.3 is 4.57 Å². The molecule has 3 aliphatic carbocycles. The van der Waals surface area contributed by atoms with Gasteiger partial charge in [-0.15, -0.1) is 0 Å². The average Bonchev–Trinajstić information content (AvgIpc) is 3.61. The Morgan fingerprint density at radius 1 is 0.579 bits per heavy atom. The van der Waals surface area contributed by atoms with Crippen LogP contribution < -0.4 is 0 Å². The number of benzene rings is 1. The minimum absolute atomic E-state index is 0.159. The Hall–Kier alpha value is -1.12. The minimum atomic E-state index is -1.85. The van der Waals surface area contributed by atoms with E-state index in [1.54, 1.807) is 22.3 Å². The maximum absolute atomic E-state index is 3.02. The van der Waals surface area contributed by atoms with Crippen molar-refractivity contribution in [1.82, 2.24) is 4.57 Å². The lowest BCUT2D eigenvalue weighted by Crippen LogP contribution is -2.67. The van der Waals surface area contributed by atoms with Crippen molar-refractivity contribution in [2.75, 3.05) is 0 Å². The quantitative estimate of drug-likeness (QED) is 0.0603. The first-order valence-corrected chi connectivity index (χ1v) is 28.6. The predicted molar refractivity (Wildman–Crippen MR) is 259 cm³/mol. The standard InChI is InChI=1S/C55H97NSi/c1-12-14-16-18-20-22-24-26-28-30-32-36-40-55(41-37-33-31-29-27-25-23-21-19-17-15-13-2)50-39-35-34-38-47(50)49-44-48-46(43-51(49)55)42-45(3)52(48)57(10,11)56(53(4,5)6)54(7,8)9/h34-35,38-39,43-46,48,52H,12-33,36-37,40-42H2,1-11H3. The van der Waals surface area contributed by atoms with E-state index in [1.165, 1.54) is 173 Å². The summed E-state index contributed by atoms with van der Waals surface area (Å²) in [4.78, 5) is 0. The Balaban J connectivity index is 1.49. The van der Waals surface area contributed by atoms with Crippen molar-refractivity contribution in [1.29, 1.82) is 0 Å². The fourth-order valence-electron chi connectivity index (χ4n) is 13.6. The van der Waals surface area contributed by atoms with Gasteiger partial charge in [0.05, 0.1) is 0 Å². The molecule has 0 aliphatic heterocycles. The van der Waals surface area contributed by atoms with Gasteiger partial charge in [0, 0.05) is 16.5 Å². The molecular formula is C55H97NSi. The number of rotatable bonds is 28. The van der Waals surface area contributed by atoms with Gasteiger partial charge in [-0.05, 0) is 106 Å². The van der Waals surface area contributed by atoms with E-state index in [1.807, 2.05) is 0 Å². The highest BCUT2D eigenvalue weighted by molar-refractivity contribution is 6.76. The van der Waals surface area contributed by atoms with Crippen LogP contribution in [0.15, 0.2) is 42.0 Å². The summed E-state index contributed by atoms with van der Waals surface area (Å²) in [6.07, 6.45) is 44.2. The molecule has 4 unspecified atom stereocenters. The van der Waals surface area contributed by atoms with Gasteiger partial charge in [0.1, 0.15) is 8.24 Å². The highest BCUT2D eigenvalue weighted by Gasteiger charge is 2.57. The van der Waals surface area contributed by atoms with Gasteiger partial charge in [-0.1, -0.05) is 224 Å². The third-order valence-electron chi connectivity index (χ3n) is 15.1. The average molecular weight is 800 g/mol. The molecule has 4 rings (SSSR count). The Kier molecular flexibility index (Phi) is 19.8. The summed E-state index contributed by atoms with van der Waals surface area (Å²) in [5, 5.41) is 0. The molecule has 0 amide bonds. The van der Waals surface area contributed by atoms with E-state index >= 15 is 0 Å². The zero-order valence-electron chi connectivity index (χ0n) is 40.3. The number of allylic oxidation sites excluding steroid dienone is 4. The normalized spacial score (nSPS) is 21.8. The van der Waals surface area contributed by atoms with Crippen molar-refractivity contribution in [2.24, 2.45) is 17.8 Å². The lowest BCUT2D eigenvalue weighted by molar-refractivity contribution is 0.121. The number of hydrogen-bond donors (Lipinski definition) is 0. The molecule has 3 aliphatic rings. The van der Waals surface area contributed by atoms with Crippen molar-refractivity contribution < 1.29 is 0 Å². The molecule has 0 bridgehead atoms. The maximum Gasteiger partial charge on any atom is 0.127 e. The third-order valence-corrected chi connectivity index (χ3v) is 20.2. The van der Waals surface area contributed by atoms with Crippen molar-refractivity contribution in [3.63, 3.8) is 0 Å². The molecular weight excluding hydrogens is 703 g/mol. The van der Waals surface area contributed by atoms with E-state index in [2.05, 4.69) is 116 Å². The zero-order valence-corrected chi connectivity index (χ0v) is 41.3. The largest absolute Gasteiger partial charge is 0.314 e. The summed E-state index contributed by atoms with van der Waals surface area (Å²) < 4.78 is 3.02. The van der Waals surface area contributed by atoms with Crippen LogP contribution in [0.4, 0.5) is 0 Å². The Bertz CT molecular complexity index is 1310. The number of hydrogen-bond acceptors (Lipinski definition) is 1. The SMILES string of the molecule is CCCCCCCCCCCCCCC1(CCCCCCCCCCCCCC)C2=CC3CC(C)C([Si](C)(C)N(C(C)(C)C)C(C)(C)C)C3C=C2c2ccccc21. The predicted octanol–water partition coefficient (Wildman–Crippen LogP) is 18.2. The van der Waals surface area contributed by atoms with Gasteiger partial charge in [-0.2, -0.15) is 0 Å². The van der Waals surface area contributed by atoms with E-state index in [-0.39, 0.29) is 16.5 Å². The van der Waals surface area contributed by atoms with Gasteiger partial charge >= 0.3 is 0 Å². The molecule has 0 aromatic heterocycles. The van der Waals surface area contributed by atoms with Crippen molar-refractivity contribution >= 4 is 13.8 Å². The topological polar surface area (TPSA) is 3.24 Å². The first-order chi connectivity index (χ1) is 27.2. The van der Waals surface area contributed by atoms with Gasteiger partial charge in [0.25, 0.3) is 0 Å². The molecule has 0 spiro atoms. The summed E-state index contributed by atoms with van der Waals surface area (Å²) in [7, 11) is -1.85. The van der Waals surface area contributed by atoms with Gasteiger partial charge in [-0.25, -0.2) is 0 Å². The third kappa shape index (κ3) is 13.2. The first-order valence-electron chi connectivity index (χ1n) is 25.5. The summed E-state index contributed by atoms with van der Waals surface area (Å²) in [6.45, 7) is 27.6. The van der Waals surface area contributed by atoms with E-state index < -0.39 is 8.24 Å². The molecule has 57 heavy (non-hydrogen) atoms. The van der Waals surface area contributed by atoms with Crippen LogP contribution in [0.5, 0.6) is 0 Å². The van der Waals surface area contributed by atoms with E-state index in [0.717, 1.165) is 11.5 Å². The molecule has 1 aromatic rings. The molecule has 326 valence electrons. The fourth-order valence-corrected chi connectivity index (χ4v) is 20.1. The summed E-state index contributed by atoms with van der Waals surface area (Å²) in [5.41, 5.74) is 8.02. The van der Waals surface area contributed by atoms with E-state index in [9.17, 15) is 0 Å². The van der Waals surface area contributed by atoms with Crippen molar-refractivity contribution in [2.45, 2.75) is 271 Å². The number of unbranched alkanes of at least 4 members (excludes halogenated alkanes) is 22. The van der Waals surface area contributed by atoms with Gasteiger partial charge in [0.2, 0.25) is 0 Å². The van der Waals surface area contributed by atoms with Crippen LogP contribution >= 0.6 is 0 Å².